The summed E-state index contributed by atoms with van der Waals surface area (Å²) < 4.78 is 5.75. The molecule has 0 aromatic heterocycles. The average molecular weight is 336 g/mol. The molecule has 0 N–H and O–H groups in total. The number of carbonyl (C=O) groups is 1. The van der Waals surface area contributed by atoms with Crippen LogP contribution in [0.1, 0.15) is 46.0 Å². The van der Waals surface area contributed by atoms with Gasteiger partial charge in [0.2, 0.25) is 0 Å². The van der Waals surface area contributed by atoms with Crippen LogP contribution in [0.25, 0.3) is 0 Å². The Morgan fingerprint density at radius 3 is 2.92 bits per heavy atom. The van der Waals surface area contributed by atoms with E-state index in [4.69, 9.17) is 4.74 Å². The predicted octanol–water partition coefficient (Wildman–Crippen LogP) is 3.99. The summed E-state index contributed by atoms with van der Waals surface area (Å²) in [4.78, 5) is 18.9. The number of aliphatic imine (C=N–C) groups is 1. The molecule has 0 bridgehead atoms. The van der Waals surface area contributed by atoms with Gasteiger partial charge in [-0.15, -0.1) is 0 Å². The molecule has 0 saturated heterocycles. The Hall–Kier alpha value is -2.62. The molecule has 2 aromatic carbocycles. The van der Waals surface area contributed by atoms with Crippen molar-refractivity contribution in [3.63, 3.8) is 0 Å². The number of hydrogen-bond donors (Lipinski definition) is 0. The minimum absolute atomic E-state index is 0.00198. The highest BCUT2D eigenvalue weighted by atomic mass is 16.5. The van der Waals surface area contributed by atoms with Crippen LogP contribution in [-0.4, -0.2) is 30.7 Å². The maximum atomic E-state index is 12.8. The fourth-order valence-electron chi connectivity index (χ4n) is 3.00. The largest absolute Gasteiger partial charge is 0.493 e. The first-order valence-corrected chi connectivity index (χ1v) is 8.69. The minimum atomic E-state index is -0.00198. The second-order valence-electron chi connectivity index (χ2n) is 6.44. The highest BCUT2D eigenvalue weighted by Crippen LogP contribution is 2.23. The standard InChI is InChI=1S/C21H24N2O2/c1-4-10-25-20-11-16(9-8-15(20)2)21(24)23(3)14-18-7-5-6-17-12-22-13-19(17)18/h5-9,11-12H,4,10,13-14H2,1-3H3. The summed E-state index contributed by atoms with van der Waals surface area (Å²) in [6.07, 6.45) is 2.84. The number of amides is 1. The van der Waals surface area contributed by atoms with Crippen molar-refractivity contribution < 1.29 is 9.53 Å². The Kier molecular flexibility index (Phi) is 5.17. The fraction of sp³-hybridized carbons (Fsp3) is 0.333. The Morgan fingerprint density at radius 2 is 2.12 bits per heavy atom. The molecule has 0 saturated carbocycles. The maximum Gasteiger partial charge on any atom is 0.254 e. The molecule has 2 aromatic rings. The number of rotatable bonds is 6. The number of aryl methyl sites for hydroxylation is 1. The number of ether oxygens (including phenoxy) is 1. The van der Waals surface area contributed by atoms with Crippen LogP contribution in [0.5, 0.6) is 5.75 Å². The van der Waals surface area contributed by atoms with Gasteiger partial charge in [0.1, 0.15) is 5.75 Å². The van der Waals surface area contributed by atoms with Crippen LogP contribution in [0.3, 0.4) is 0 Å². The zero-order valence-electron chi connectivity index (χ0n) is 15.1. The van der Waals surface area contributed by atoms with Crippen molar-refractivity contribution >= 4 is 12.1 Å². The molecule has 3 rings (SSSR count). The van der Waals surface area contributed by atoms with Crippen LogP contribution in [0.4, 0.5) is 0 Å². The molecular formula is C21H24N2O2. The molecule has 25 heavy (non-hydrogen) atoms. The van der Waals surface area contributed by atoms with Gasteiger partial charge in [-0.2, -0.15) is 0 Å². The molecule has 1 amide bonds. The normalized spacial score (nSPS) is 12.1. The Labute approximate surface area is 149 Å². The van der Waals surface area contributed by atoms with Crippen LogP contribution in [0, 0.1) is 6.92 Å². The molecule has 0 unspecified atom stereocenters. The first kappa shape index (κ1) is 17.2. The summed E-state index contributed by atoms with van der Waals surface area (Å²) in [5.41, 5.74) is 5.23. The SMILES string of the molecule is CCCOc1cc(C(=O)N(C)Cc2cccc3c2CN=C3)ccc1C. The smallest absolute Gasteiger partial charge is 0.254 e. The van der Waals surface area contributed by atoms with E-state index < -0.39 is 0 Å². The number of carbonyl (C=O) groups excluding carboxylic acids is 1. The molecule has 0 aliphatic carbocycles. The highest BCUT2D eigenvalue weighted by molar-refractivity contribution is 5.94. The van der Waals surface area contributed by atoms with E-state index in [1.807, 2.05) is 44.5 Å². The van der Waals surface area contributed by atoms with Crippen molar-refractivity contribution in [1.82, 2.24) is 4.90 Å². The van der Waals surface area contributed by atoms with Crippen molar-refractivity contribution in [3.05, 3.63) is 64.2 Å². The summed E-state index contributed by atoms with van der Waals surface area (Å²) in [6.45, 7) is 6.00. The van der Waals surface area contributed by atoms with Crippen LogP contribution in [0.15, 0.2) is 41.4 Å². The van der Waals surface area contributed by atoms with Gasteiger partial charge in [-0.3, -0.25) is 9.79 Å². The summed E-state index contributed by atoms with van der Waals surface area (Å²) in [5.74, 6) is 0.785. The molecule has 4 nitrogen and oxygen atoms in total. The first-order valence-electron chi connectivity index (χ1n) is 8.69. The lowest BCUT2D eigenvalue weighted by molar-refractivity contribution is 0.0784. The topological polar surface area (TPSA) is 41.9 Å². The van der Waals surface area contributed by atoms with Crippen LogP contribution in [-0.2, 0) is 13.1 Å². The van der Waals surface area contributed by atoms with E-state index >= 15 is 0 Å². The number of nitrogens with zero attached hydrogens (tertiary/aromatic N) is 2. The molecule has 130 valence electrons. The van der Waals surface area contributed by atoms with E-state index in [1.54, 1.807) is 4.90 Å². The van der Waals surface area contributed by atoms with Gasteiger partial charge < -0.3 is 9.64 Å². The predicted molar refractivity (Wildman–Crippen MR) is 101 cm³/mol. The second-order valence-corrected chi connectivity index (χ2v) is 6.44. The van der Waals surface area contributed by atoms with Gasteiger partial charge in [0, 0.05) is 25.4 Å². The lowest BCUT2D eigenvalue weighted by atomic mass is 10.0. The van der Waals surface area contributed by atoms with Gasteiger partial charge in [0.15, 0.2) is 0 Å². The molecule has 1 aliphatic heterocycles. The van der Waals surface area contributed by atoms with E-state index in [2.05, 4.69) is 24.0 Å². The van der Waals surface area contributed by atoms with E-state index in [1.165, 1.54) is 5.56 Å². The third-order valence-corrected chi connectivity index (χ3v) is 4.44. The lowest BCUT2D eigenvalue weighted by Gasteiger charge is -2.20. The maximum absolute atomic E-state index is 12.8. The molecule has 0 atom stereocenters. The zero-order valence-corrected chi connectivity index (χ0v) is 15.1. The van der Waals surface area contributed by atoms with Crippen molar-refractivity contribution in [2.24, 2.45) is 4.99 Å². The van der Waals surface area contributed by atoms with Gasteiger partial charge in [-0.1, -0.05) is 31.2 Å². The summed E-state index contributed by atoms with van der Waals surface area (Å²) in [5, 5.41) is 0. The van der Waals surface area contributed by atoms with Gasteiger partial charge >= 0.3 is 0 Å². The van der Waals surface area contributed by atoms with Gasteiger partial charge in [-0.25, -0.2) is 0 Å². The Balaban J connectivity index is 1.76. The fourth-order valence-corrected chi connectivity index (χ4v) is 3.00. The van der Waals surface area contributed by atoms with Crippen LogP contribution in [0.2, 0.25) is 0 Å². The molecule has 0 spiro atoms. The van der Waals surface area contributed by atoms with Crippen LogP contribution >= 0.6 is 0 Å². The Bertz CT molecular complexity index is 812. The number of fused-ring (bicyclic) bond motifs is 1. The van der Waals surface area contributed by atoms with E-state index in [9.17, 15) is 4.79 Å². The highest BCUT2D eigenvalue weighted by Gasteiger charge is 2.17. The quantitative estimate of drug-likeness (QED) is 0.800. The Morgan fingerprint density at radius 1 is 1.28 bits per heavy atom. The molecular weight excluding hydrogens is 312 g/mol. The third kappa shape index (κ3) is 3.73. The summed E-state index contributed by atoms with van der Waals surface area (Å²) >= 11 is 0. The summed E-state index contributed by atoms with van der Waals surface area (Å²) in [6, 6.07) is 11.8. The zero-order chi connectivity index (χ0) is 17.8. The first-order chi connectivity index (χ1) is 12.1. The van der Waals surface area contributed by atoms with Crippen molar-refractivity contribution in [1.29, 1.82) is 0 Å². The summed E-state index contributed by atoms with van der Waals surface area (Å²) in [7, 11) is 1.84. The van der Waals surface area contributed by atoms with Crippen LogP contribution < -0.4 is 4.74 Å². The molecule has 4 heteroatoms. The minimum Gasteiger partial charge on any atom is -0.493 e. The molecule has 0 radical (unpaired) electrons. The van der Waals surface area contributed by atoms with E-state index in [0.29, 0.717) is 25.3 Å². The monoisotopic (exact) mass is 336 g/mol. The van der Waals surface area contributed by atoms with E-state index in [0.717, 1.165) is 28.9 Å². The van der Waals surface area contributed by atoms with Crippen molar-refractivity contribution in [2.75, 3.05) is 13.7 Å². The lowest BCUT2D eigenvalue weighted by Crippen LogP contribution is -2.26. The second kappa shape index (κ2) is 7.51. The van der Waals surface area contributed by atoms with Gasteiger partial charge in [0.05, 0.1) is 13.2 Å². The average Bonchev–Trinajstić information content (AvgIpc) is 3.10. The van der Waals surface area contributed by atoms with Gasteiger partial charge in [0.25, 0.3) is 5.91 Å². The number of benzene rings is 2. The van der Waals surface area contributed by atoms with Gasteiger partial charge in [-0.05, 0) is 47.7 Å². The molecule has 0 fully saturated rings. The molecule has 1 aliphatic rings. The van der Waals surface area contributed by atoms with Crippen molar-refractivity contribution in [2.45, 2.75) is 33.4 Å². The van der Waals surface area contributed by atoms with E-state index in [-0.39, 0.29) is 5.91 Å². The van der Waals surface area contributed by atoms with Crippen molar-refractivity contribution in [3.8, 4) is 5.75 Å². The third-order valence-electron chi connectivity index (χ3n) is 4.44. The number of hydrogen-bond acceptors (Lipinski definition) is 3. The molecule has 1 heterocycles.